The van der Waals surface area contributed by atoms with Crippen molar-refractivity contribution < 1.29 is 22.7 Å². The lowest BCUT2D eigenvalue weighted by Gasteiger charge is -2.42. The highest BCUT2D eigenvalue weighted by Crippen LogP contribution is 2.44. The fourth-order valence-corrected chi connectivity index (χ4v) is 7.10. The van der Waals surface area contributed by atoms with Crippen molar-refractivity contribution in [3.05, 3.63) is 42.5 Å². The van der Waals surface area contributed by atoms with Crippen molar-refractivity contribution in [1.29, 1.82) is 0 Å². The molecule has 1 N–H and O–H groups in total. The predicted molar refractivity (Wildman–Crippen MR) is 154 cm³/mol. The Morgan fingerprint density at radius 2 is 1.64 bits per heavy atom. The topological polar surface area (TPSA) is 96.0 Å². The van der Waals surface area contributed by atoms with Crippen LogP contribution in [0, 0.1) is 0 Å². The number of amides is 2. The standard InChI is InChI=1S/C30H39N3O5S/c1-21-20-32(29(35)28-14-17-30(38-28)15-7-5-4-6-8-16-30)27-19-24(12-13-26(27)33(21)22(2)34)23-10-9-11-25(18-23)31-39(3,36)37/h9-13,18-19,21,28,31H,4-8,14-17,20H2,1-3H3/t21-,28?/m0/s1. The highest BCUT2D eigenvalue weighted by molar-refractivity contribution is 7.92. The quantitative estimate of drug-likeness (QED) is 0.541. The van der Waals surface area contributed by atoms with Gasteiger partial charge in [0.2, 0.25) is 15.9 Å². The number of ether oxygens (including phenoxy) is 1. The van der Waals surface area contributed by atoms with Gasteiger partial charge >= 0.3 is 0 Å². The van der Waals surface area contributed by atoms with Crippen molar-refractivity contribution in [2.75, 3.05) is 27.3 Å². The first-order valence-electron chi connectivity index (χ1n) is 14.1. The number of sulfonamides is 1. The molecular formula is C30H39N3O5S. The van der Waals surface area contributed by atoms with Crippen molar-refractivity contribution in [2.24, 2.45) is 0 Å². The van der Waals surface area contributed by atoms with Gasteiger partial charge in [0.1, 0.15) is 6.10 Å². The molecule has 2 fully saturated rings. The molecular weight excluding hydrogens is 514 g/mol. The summed E-state index contributed by atoms with van der Waals surface area (Å²) in [4.78, 5) is 30.2. The zero-order valence-electron chi connectivity index (χ0n) is 23.1. The van der Waals surface area contributed by atoms with Gasteiger partial charge in [-0.05, 0) is 68.0 Å². The summed E-state index contributed by atoms with van der Waals surface area (Å²) in [6.45, 7) is 3.90. The van der Waals surface area contributed by atoms with Gasteiger partial charge in [0.05, 0.1) is 29.3 Å². The summed E-state index contributed by atoms with van der Waals surface area (Å²) in [5.74, 6) is -0.122. The second kappa shape index (κ2) is 10.9. The molecule has 0 radical (unpaired) electrons. The molecule has 8 nitrogen and oxygen atoms in total. The van der Waals surface area contributed by atoms with E-state index in [1.165, 1.54) is 19.3 Å². The summed E-state index contributed by atoms with van der Waals surface area (Å²) in [6, 6.07) is 12.7. The fraction of sp³-hybridized carbons (Fsp3) is 0.533. The van der Waals surface area contributed by atoms with E-state index in [1.54, 1.807) is 34.9 Å². The number of rotatable bonds is 4. The Kier molecular flexibility index (Phi) is 7.75. The minimum absolute atomic E-state index is 0.0464. The lowest BCUT2D eigenvalue weighted by atomic mass is 9.85. The number of carbonyl (C=O) groups excluding carboxylic acids is 2. The van der Waals surface area contributed by atoms with Crippen molar-refractivity contribution >= 4 is 38.9 Å². The summed E-state index contributed by atoms with van der Waals surface area (Å²) < 4.78 is 32.6. The Morgan fingerprint density at radius 3 is 2.33 bits per heavy atom. The third kappa shape index (κ3) is 5.99. The average Bonchev–Trinajstić information content (AvgIpc) is 3.29. The predicted octanol–water partition coefficient (Wildman–Crippen LogP) is 5.48. The maximum Gasteiger partial charge on any atom is 0.256 e. The van der Waals surface area contributed by atoms with Crippen LogP contribution in [0.1, 0.15) is 71.6 Å². The number of nitrogens with zero attached hydrogens (tertiary/aromatic N) is 2. The minimum Gasteiger partial charge on any atom is -0.362 e. The molecule has 2 aliphatic heterocycles. The Balaban J connectivity index is 1.47. The third-order valence-corrected chi connectivity index (χ3v) is 8.92. The Hall–Kier alpha value is -2.91. The second-order valence-electron chi connectivity index (χ2n) is 11.4. The maximum atomic E-state index is 14.0. The van der Waals surface area contributed by atoms with E-state index < -0.39 is 16.1 Å². The lowest BCUT2D eigenvalue weighted by Crippen LogP contribution is -2.53. The number of carbonyl (C=O) groups is 2. The Labute approximate surface area is 231 Å². The van der Waals surface area contributed by atoms with Crippen LogP contribution in [0.2, 0.25) is 0 Å². The summed E-state index contributed by atoms with van der Waals surface area (Å²) in [6.07, 6.45) is 10.3. The molecule has 39 heavy (non-hydrogen) atoms. The molecule has 2 aromatic carbocycles. The minimum atomic E-state index is -3.42. The summed E-state index contributed by atoms with van der Waals surface area (Å²) in [5, 5.41) is 0. The Bertz CT molecular complexity index is 1350. The van der Waals surface area contributed by atoms with E-state index in [9.17, 15) is 18.0 Å². The molecule has 3 aliphatic rings. The van der Waals surface area contributed by atoms with Crippen LogP contribution in [0.4, 0.5) is 17.1 Å². The molecule has 210 valence electrons. The van der Waals surface area contributed by atoms with Gasteiger partial charge in [-0.1, -0.05) is 50.3 Å². The van der Waals surface area contributed by atoms with E-state index in [1.807, 2.05) is 31.2 Å². The van der Waals surface area contributed by atoms with Crippen molar-refractivity contribution in [3.63, 3.8) is 0 Å². The van der Waals surface area contributed by atoms with Crippen LogP contribution in [0.5, 0.6) is 0 Å². The molecule has 1 saturated carbocycles. The SMILES string of the molecule is CC(=O)N1c2ccc(-c3cccc(NS(C)(=O)=O)c3)cc2N(C(=O)C2CCC3(CCCCCCC3)O2)C[C@@H]1C. The van der Waals surface area contributed by atoms with Gasteiger partial charge in [-0.15, -0.1) is 0 Å². The first kappa shape index (κ1) is 27.6. The van der Waals surface area contributed by atoms with E-state index in [0.717, 1.165) is 49.5 Å². The molecule has 2 amide bonds. The molecule has 9 heteroatoms. The summed E-state index contributed by atoms with van der Waals surface area (Å²) in [7, 11) is -3.42. The van der Waals surface area contributed by atoms with Crippen LogP contribution in [0.15, 0.2) is 42.5 Å². The van der Waals surface area contributed by atoms with Gasteiger partial charge in [0.15, 0.2) is 0 Å². The van der Waals surface area contributed by atoms with E-state index >= 15 is 0 Å². The number of benzene rings is 2. The molecule has 1 unspecified atom stereocenters. The van der Waals surface area contributed by atoms with Crippen LogP contribution in [-0.2, 0) is 24.3 Å². The number of fused-ring (bicyclic) bond motifs is 1. The smallest absolute Gasteiger partial charge is 0.256 e. The lowest BCUT2D eigenvalue weighted by molar-refractivity contribution is -0.136. The monoisotopic (exact) mass is 553 g/mol. The van der Waals surface area contributed by atoms with Gasteiger partial charge in [-0.3, -0.25) is 14.3 Å². The van der Waals surface area contributed by atoms with Crippen molar-refractivity contribution in [2.45, 2.75) is 89.4 Å². The number of hydrogen-bond acceptors (Lipinski definition) is 5. The second-order valence-corrected chi connectivity index (χ2v) is 13.2. The molecule has 1 saturated heterocycles. The highest BCUT2D eigenvalue weighted by atomic mass is 32.2. The maximum absolute atomic E-state index is 14.0. The number of nitrogens with one attached hydrogen (secondary N) is 1. The van der Waals surface area contributed by atoms with E-state index in [-0.39, 0.29) is 23.5 Å². The fourth-order valence-electron chi connectivity index (χ4n) is 6.55. The molecule has 2 aromatic rings. The molecule has 0 bridgehead atoms. The molecule has 0 aromatic heterocycles. The van der Waals surface area contributed by atoms with Crippen molar-refractivity contribution in [3.8, 4) is 11.1 Å². The van der Waals surface area contributed by atoms with Gasteiger partial charge in [-0.25, -0.2) is 8.42 Å². The van der Waals surface area contributed by atoms with Crippen LogP contribution in [0.3, 0.4) is 0 Å². The van der Waals surface area contributed by atoms with Crippen LogP contribution >= 0.6 is 0 Å². The normalized spacial score (nSPS) is 23.2. The van der Waals surface area contributed by atoms with Gasteiger partial charge < -0.3 is 14.5 Å². The van der Waals surface area contributed by atoms with E-state index in [4.69, 9.17) is 4.74 Å². The largest absolute Gasteiger partial charge is 0.362 e. The number of anilines is 3. The van der Waals surface area contributed by atoms with Crippen LogP contribution in [-0.4, -0.2) is 50.8 Å². The molecule has 2 atom stereocenters. The highest BCUT2D eigenvalue weighted by Gasteiger charge is 2.45. The molecule has 1 spiro atoms. The van der Waals surface area contributed by atoms with Gasteiger partial charge in [0.25, 0.3) is 5.91 Å². The molecule has 5 rings (SSSR count). The van der Waals surface area contributed by atoms with Crippen LogP contribution < -0.4 is 14.5 Å². The van der Waals surface area contributed by atoms with Crippen LogP contribution in [0.25, 0.3) is 11.1 Å². The van der Waals surface area contributed by atoms with E-state index in [0.29, 0.717) is 30.0 Å². The summed E-state index contributed by atoms with van der Waals surface area (Å²) in [5.41, 5.74) is 3.27. The zero-order chi connectivity index (χ0) is 27.8. The molecule has 1 aliphatic carbocycles. The number of hydrogen-bond donors (Lipinski definition) is 1. The third-order valence-electron chi connectivity index (χ3n) is 8.31. The average molecular weight is 554 g/mol. The summed E-state index contributed by atoms with van der Waals surface area (Å²) >= 11 is 0. The Morgan fingerprint density at radius 1 is 0.949 bits per heavy atom. The van der Waals surface area contributed by atoms with Gasteiger partial charge in [0, 0.05) is 19.2 Å². The zero-order valence-corrected chi connectivity index (χ0v) is 23.9. The first-order valence-corrected chi connectivity index (χ1v) is 16.0. The van der Waals surface area contributed by atoms with E-state index in [2.05, 4.69) is 4.72 Å². The molecule has 2 heterocycles. The first-order chi connectivity index (χ1) is 18.6. The van der Waals surface area contributed by atoms with Gasteiger partial charge in [-0.2, -0.15) is 0 Å². The van der Waals surface area contributed by atoms with Crippen molar-refractivity contribution in [1.82, 2.24) is 0 Å².